The number of rotatable bonds is 7. The number of hydrogen-bond acceptors (Lipinski definition) is 4. The van der Waals surface area contributed by atoms with Crippen LogP contribution in [0.25, 0.3) is 0 Å². The fourth-order valence-electron chi connectivity index (χ4n) is 2.25. The Labute approximate surface area is 140 Å². The molecule has 2 aromatic carbocycles. The van der Waals surface area contributed by atoms with E-state index in [1.54, 1.807) is 33.3 Å². The van der Waals surface area contributed by atoms with Gasteiger partial charge >= 0.3 is 0 Å². The monoisotopic (exact) mass is 332 g/mol. The number of benzene rings is 2. The third-order valence-electron chi connectivity index (χ3n) is 3.57. The summed E-state index contributed by atoms with van der Waals surface area (Å²) in [6.45, 7) is 2.27. The van der Waals surface area contributed by atoms with E-state index in [4.69, 9.17) is 9.47 Å². The van der Waals surface area contributed by atoms with E-state index in [1.807, 2.05) is 12.1 Å². The van der Waals surface area contributed by atoms with Crippen LogP contribution in [-0.4, -0.2) is 26.7 Å². The number of nitrogens with one attached hydrogen (secondary N) is 2. The molecular weight excluding hydrogens is 311 g/mol. The summed E-state index contributed by atoms with van der Waals surface area (Å²) in [5.41, 5.74) is 2.39. The zero-order chi connectivity index (χ0) is 17.5. The molecule has 128 valence electrons. The Bertz CT molecular complexity index is 719. The van der Waals surface area contributed by atoms with Gasteiger partial charge in [-0.25, -0.2) is 4.39 Å². The third-order valence-corrected chi connectivity index (χ3v) is 3.57. The maximum absolute atomic E-state index is 13.0. The highest BCUT2D eigenvalue weighted by atomic mass is 19.1. The first-order valence-electron chi connectivity index (χ1n) is 7.51. The molecule has 2 N–H and O–H groups in total. The van der Waals surface area contributed by atoms with Gasteiger partial charge in [0.15, 0.2) is 11.5 Å². The Hall–Kier alpha value is -2.76. The van der Waals surface area contributed by atoms with Gasteiger partial charge in [0, 0.05) is 12.2 Å². The Morgan fingerprint density at radius 1 is 1.08 bits per heavy atom. The molecule has 5 nitrogen and oxygen atoms in total. The number of carbonyl (C=O) groups excluding carboxylic acids is 1. The highest BCUT2D eigenvalue weighted by molar-refractivity contribution is 5.80. The van der Waals surface area contributed by atoms with Crippen molar-refractivity contribution in [3.63, 3.8) is 0 Å². The molecule has 0 fully saturated rings. The Kier molecular flexibility index (Phi) is 6.01. The predicted octanol–water partition coefficient (Wildman–Crippen LogP) is 2.88. The number of hydrogen-bond donors (Lipinski definition) is 2. The summed E-state index contributed by atoms with van der Waals surface area (Å²) in [5.74, 6) is 0.801. The minimum Gasteiger partial charge on any atom is -0.493 e. The van der Waals surface area contributed by atoms with Crippen LogP contribution >= 0.6 is 0 Å². The topological polar surface area (TPSA) is 59.6 Å². The molecule has 0 unspecified atom stereocenters. The van der Waals surface area contributed by atoms with Gasteiger partial charge in [-0.3, -0.25) is 4.79 Å². The van der Waals surface area contributed by atoms with E-state index in [0.29, 0.717) is 18.0 Å². The molecule has 0 atom stereocenters. The standard InChI is InChI=1S/C18H21FN2O3/c1-12-8-14(19)5-6-15(12)20-11-18(22)21-10-13-4-7-16(23-2)17(9-13)24-3/h4-9,20H,10-11H2,1-3H3,(H,21,22). The fraction of sp³-hybridized carbons (Fsp3) is 0.278. The molecule has 1 amide bonds. The van der Waals surface area contributed by atoms with Crippen molar-refractivity contribution < 1.29 is 18.7 Å². The van der Waals surface area contributed by atoms with Crippen LogP contribution in [0.15, 0.2) is 36.4 Å². The van der Waals surface area contributed by atoms with E-state index in [2.05, 4.69) is 10.6 Å². The summed E-state index contributed by atoms with van der Waals surface area (Å²) in [4.78, 5) is 11.9. The van der Waals surface area contributed by atoms with Gasteiger partial charge in [-0.05, 0) is 48.4 Å². The van der Waals surface area contributed by atoms with E-state index >= 15 is 0 Å². The second-order valence-corrected chi connectivity index (χ2v) is 5.28. The van der Waals surface area contributed by atoms with Crippen molar-refractivity contribution in [1.29, 1.82) is 0 Å². The number of methoxy groups -OCH3 is 2. The highest BCUT2D eigenvalue weighted by Crippen LogP contribution is 2.27. The second-order valence-electron chi connectivity index (χ2n) is 5.28. The zero-order valence-electron chi connectivity index (χ0n) is 14.0. The summed E-state index contributed by atoms with van der Waals surface area (Å²) in [5, 5.41) is 5.81. The highest BCUT2D eigenvalue weighted by Gasteiger charge is 2.07. The van der Waals surface area contributed by atoms with Crippen molar-refractivity contribution >= 4 is 11.6 Å². The zero-order valence-corrected chi connectivity index (χ0v) is 14.0. The molecule has 6 heteroatoms. The third kappa shape index (κ3) is 4.62. The summed E-state index contributed by atoms with van der Waals surface area (Å²) in [7, 11) is 3.14. The number of ether oxygens (including phenoxy) is 2. The summed E-state index contributed by atoms with van der Waals surface area (Å²) >= 11 is 0. The minimum atomic E-state index is -0.295. The Morgan fingerprint density at radius 2 is 1.83 bits per heavy atom. The lowest BCUT2D eigenvalue weighted by molar-refractivity contribution is -0.119. The molecule has 0 aromatic heterocycles. The van der Waals surface area contributed by atoms with Crippen LogP contribution in [0.1, 0.15) is 11.1 Å². The van der Waals surface area contributed by atoms with E-state index in [1.165, 1.54) is 12.1 Å². The van der Waals surface area contributed by atoms with E-state index in [-0.39, 0.29) is 18.3 Å². The Balaban J connectivity index is 1.87. The van der Waals surface area contributed by atoms with Crippen molar-refractivity contribution in [3.05, 3.63) is 53.3 Å². The molecule has 0 aliphatic carbocycles. The van der Waals surface area contributed by atoms with Crippen LogP contribution < -0.4 is 20.1 Å². The molecule has 0 aliphatic rings. The largest absolute Gasteiger partial charge is 0.493 e. The van der Waals surface area contributed by atoms with E-state index in [9.17, 15) is 9.18 Å². The van der Waals surface area contributed by atoms with Gasteiger partial charge < -0.3 is 20.1 Å². The van der Waals surface area contributed by atoms with Gasteiger partial charge in [0.2, 0.25) is 5.91 Å². The number of aryl methyl sites for hydroxylation is 1. The SMILES string of the molecule is COc1ccc(CNC(=O)CNc2ccc(F)cc2C)cc1OC. The first-order chi connectivity index (χ1) is 11.5. The molecule has 0 aliphatic heterocycles. The molecule has 24 heavy (non-hydrogen) atoms. The van der Waals surface area contributed by atoms with Gasteiger partial charge in [-0.1, -0.05) is 6.07 Å². The average Bonchev–Trinajstić information content (AvgIpc) is 2.58. The summed E-state index contributed by atoms with van der Waals surface area (Å²) in [6.07, 6.45) is 0. The van der Waals surface area contributed by atoms with Crippen LogP contribution in [-0.2, 0) is 11.3 Å². The van der Waals surface area contributed by atoms with Crippen LogP contribution in [0.4, 0.5) is 10.1 Å². The molecule has 2 aromatic rings. The van der Waals surface area contributed by atoms with Gasteiger partial charge in [0.25, 0.3) is 0 Å². The van der Waals surface area contributed by atoms with Crippen molar-refractivity contribution in [3.8, 4) is 11.5 Å². The van der Waals surface area contributed by atoms with Gasteiger partial charge in [-0.2, -0.15) is 0 Å². The fourth-order valence-corrected chi connectivity index (χ4v) is 2.25. The first kappa shape index (κ1) is 17.6. The number of carbonyl (C=O) groups is 1. The van der Waals surface area contributed by atoms with Crippen LogP contribution in [0.5, 0.6) is 11.5 Å². The maximum Gasteiger partial charge on any atom is 0.239 e. The Morgan fingerprint density at radius 3 is 2.50 bits per heavy atom. The van der Waals surface area contributed by atoms with Gasteiger partial charge in [0.05, 0.1) is 20.8 Å². The van der Waals surface area contributed by atoms with Crippen molar-refractivity contribution in [2.75, 3.05) is 26.1 Å². The molecule has 0 spiro atoms. The summed E-state index contributed by atoms with van der Waals surface area (Å²) in [6, 6.07) is 9.86. The maximum atomic E-state index is 13.0. The smallest absolute Gasteiger partial charge is 0.239 e. The average molecular weight is 332 g/mol. The second kappa shape index (κ2) is 8.19. The molecule has 2 rings (SSSR count). The number of anilines is 1. The lowest BCUT2D eigenvalue weighted by Gasteiger charge is -2.12. The van der Waals surface area contributed by atoms with E-state index < -0.39 is 0 Å². The summed E-state index contributed by atoms with van der Waals surface area (Å²) < 4.78 is 23.5. The van der Waals surface area contributed by atoms with Crippen LogP contribution in [0.3, 0.4) is 0 Å². The minimum absolute atomic E-state index is 0.111. The number of halogens is 1. The molecule has 0 saturated heterocycles. The molecule has 0 radical (unpaired) electrons. The normalized spacial score (nSPS) is 10.2. The quantitative estimate of drug-likeness (QED) is 0.818. The van der Waals surface area contributed by atoms with E-state index in [0.717, 1.165) is 16.8 Å². The molecule has 0 saturated carbocycles. The number of amides is 1. The first-order valence-corrected chi connectivity index (χ1v) is 7.51. The van der Waals surface area contributed by atoms with Gasteiger partial charge in [-0.15, -0.1) is 0 Å². The van der Waals surface area contributed by atoms with Crippen molar-refractivity contribution in [2.24, 2.45) is 0 Å². The van der Waals surface area contributed by atoms with Crippen molar-refractivity contribution in [1.82, 2.24) is 5.32 Å². The predicted molar refractivity (Wildman–Crippen MR) is 91.0 cm³/mol. The molecular formula is C18H21FN2O3. The lowest BCUT2D eigenvalue weighted by Crippen LogP contribution is -2.29. The van der Waals surface area contributed by atoms with Crippen molar-refractivity contribution in [2.45, 2.75) is 13.5 Å². The molecule has 0 bridgehead atoms. The van der Waals surface area contributed by atoms with Crippen LogP contribution in [0, 0.1) is 12.7 Å². The molecule has 0 heterocycles. The van der Waals surface area contributed by atoms with Gasteiger partial charge in [0.1, 0.15) is 5.82 Å². The lowest BCUT2D eigenvalue weighted by atomic mass is 10.2. The van der Waals surface area contributed by atoms with Crippen LogP contribution in [0.2, 0.25) is 0 Å².